The summed E-state index contributed by atoms with van der Waals surface area (Å²) in [6.45, 7) is 15.7. The molecule has 15 heterocycles. The molecule has 0 saturated carbocycles. The lowest BCUT2D eigenvalue weighted by Gasteiger charge is -2.06. The van der Waals surface area contributed by atoms with Gasteiger partial charge in [-0.3, -0.25) is 35.1 Å². The Bertz CT molecular complexity index is 5870. The van der Waals surface area contributed by atoms with Crippen LogP contribution in [0.15, 0.2) is 98.6 Å². The Balaban J connectivity index is 0.000000151. The van der Waals surface area contributed by atoms with E-state index in [0.717, 1.165) is 49.8 Å². The van der Waals surface area contributed by atoms with Crippen molar-refractivity contribution >= 4 is 124 Å². The number of Topliss-reactive ketones (excluding diaryl/α,β-unsaturated/α-hetero) is 2. The van der Waals surface area contributed by atoms with Crippen LogP contribution in [0, 0.1) is 27.3 Å². The zero-order valence-electron chi connectivity index (χ0n) is 59.5. The number of rotatable bonds is 16. The molecule has 109 heavy (non-hydrogen) atoms. The number of nitrogen functional groups attached to an aromatic ring is 1. The minimum atomic E-state index is -1.55. The van der Waals surface area contributed by atoms with E-state index >= 15 is 0 Å². The lowest BCUT2D eigenvalue weighted by Crippen LogP contribution is -2.30. The van der Waals surface area contributed by atoms with Crippen LogP contribution in [0.4, 0.5) is 5.82 Å². The molecule has 560 valence electrons. The normalized spacial score (nSPS) is 10.4. The van der Waals surface area contributed by atoms with Crippen LogP contribution in [0.3, 0.4) is 0 Å². The number of ether oxygens (including phenoxy) is 7. The van der Waals surface area contributed by atoms with Crippen LogP contribution >= 0.6 is 12.2 Å². The van der Waals surface area contributed by atoms with Gasteiger partial charge in [-0.05, 0) is 58.9 Å². The molecule has 16 N–H and O–H groups in total. The van der Waals surface area contributed by atoms with Crippen molar-refractivity contribution in [3.8, 4) is 69.1 Å². The van der Waals surface area contributed by atoms with E-state index in [1.807, 2.05) is 36.7 Å². The number of esters is 1. The molecule has 0 aliphatic rings. The van der Waals surface area contributed by atoms with Crippen molar-refractivity contribution in [2.75, 3.05) is 49.3 Å². The quantitative estimate of drug-likeness (QED) is 0.00639. The van der Waals surface area contributed by atoms with Gasteiger partial charge in [0.1, 0.15) is 63.3 Å². The topological polar surface area (TPSA) is 573 Å². The number of carbonyl (C=O) groups is 6. The largest absolute Gasteiger partial charge is 0.494 e. The Hall–Kier alpha value is -15.1. The van der Waals surface area contributed by atoms with Crippen LogP contribution in [-0.4, -0.2) is 205 Å². The first-order valence-electron chi connectivity index (χ1n) is 31.6. The number of nitrogens with two attached hydrogens (primary N) is 2. The highest BCUT2D eigenvalue weighted by molar-refractivity contribution is 7.80. The molecule has 41 heteroatoms. The van der Waals surface area contributed by atoms with Gasteiger partial charge in [0.05, 0.1) is 140 Å². The third-order valence-electron chi connectivity index (χ3n) is 15.1. The Kier molecular flexibility index (Phi) is 25.4. The standard InChI is InChI=1S/C15H15N5O4.C13H11N5O4.C11H11N5O.C9H10N4O2.C9H7N3O.C9H8N2O3.C2H5NS/c1-4-24-15(22)13(21)8-5-16-11-10(8)9(23-3)6-17-12(11)14-18-7(2)19-20-14;1-5-16-12(18-17-5)10-9-8(7(22-2)4-15-10)6(3-14-9)11(19)13(20)21;1-6-14-11(16-15-6)10-9-7(3-4-12-9)8(17-2)5-13-10;1-15-6-4-12-8(9(14)13-10)7-5(6)2-3-11-7;1-10-9-8-6(3-4-11-8)7(13-2)5-12-9;1-14-6-4-11-8(9(12)13)7-5(6)2-3-10-7;1-2(3)4/h5-6,16H,4H2,1-3H3,(H,18,19,20);3-4,14H,1-2H3,(H,20,21)(H,16,17,18);3-5,12H,1-2H3,(H,14,15,16);2-4,11H,10H2,1H3,(H,13,14);3-5,11H,2H3;2-4,10H,1H3,(H,12,13);1H3,(H2,3,4). The number of ketones is 2. The minimum absolute atomic E-state index is 0.00439. The number of aromatic carboxylic acids is 1. The molecule has 0 bridgehead atoms. The van der Waals surface area contributed by atoms with E-state index in [9.17, 15) is 28.8 Å². The number of thiocarbonyl (C=S) groups is 1. The summed E-state index contributed by atoms with van der Waals surface area (Å²) < 4.78 is 35.7. The average molecular weight is 1510 g/mol. The van der Waals surface area contributed by atoms with Crippen molar-refractivity contribution in [3.63, 3.8) is 0 Å². The van der Waals surface area contributed by atoms with Crippen LogP contribution < -0.4 is 45.4 Å². The second kappa shape index (κ2) is 35.4. The Labute approximate surface area is 618 Å². The molecular weight excluding hydrogens is 1440 g/mol. The summed E-state index contributed by atoms with van der Waals surface area (Å²) in [7, 11) is 9.14. The number of carboxylic acid groups (broad SMARTS) is 2. The highest BCUT2D eigenvalue weighted by atomic mass is 32.1. The van der Waals surface area contributed by atoms with E-state index in [0.29, 0.717) is 107 Å². The first-order chi connectivity index (χ1) is 52.5. The molecule has 0 fully saturated rings. The maximum atomic E-state index is 12.3. The van der Waals surface area contributed by atoms with Gasteiger partial charge in [-0.15, -0.1) is 4.98 Å². The van der Waals surface area contributed by atoms with Gasteiger partial charge in [-0.2, -0.15) is 15.3 Å². The van der Waals surface area contributed by atoms with Crippen LogP contribution in [0.2, 0.25) is 0 Å². The number of hydrazine groups is 1. The summed E-state index contributed by atoms with van der Waals surface area (Å²) >= 11 is 4.31. The Morgan fingerprint density at radius 1 is 0.505 bits per heavy atom. The number of aromatic nitrogens is 21. The van der Waals surface area contributed by atoms with Crippen LogP contribution in [0.1, 0.15) is 73.0 Å². The third kappa shape index (κ3) is 17.3. The summed E-state index contributed by atoms with van der Waals surface area (Å²) in [6, 6.07) is 7.37. The van der Waals surface area contributed by atoms with Gasteiger partial charge >= 0.3 is 17.9 Å². The molecule has 15 aromatic heterocycles. The first kappa shape index (κ1) is 78.1. The number of H-pyrrole nitrogens is 9. The number of nitrogens with one attached hydrogen (secondary N) is 10. The van der Waals surface area contributed by atoms with Gasteiger partial charge in [0.25, 0.3) is 23.3 Å². The predicted octanol–water partition coefficient (Wildman–Crippen LogP) is 7.87. The van der Waals surface area contributed by atoms with Crippen molar-refractivity contribution in [1.82, 2.24) is 111 Å². The molecule has 0 radical (unpaired) electrons. The minimum Gasteiger partial charge on any atom is -0.494 e. The van der Waals surface area contributed by atoms with Gasteiger partial charge in [0.2, 0.25) is 17.5 Å². The SMILES string of the molecule is CC(N)=S.CCOC(=O)C(=O)c1c[nH]c2c(-c3n[nH]c(C)n3)ncc(OC)c12.COc1cnc(-c2n[nH]c(C)n2)c2[nH]cc(C(=O)C(=O)O)c12.COc1cnc(-c2n[nH]c(C)n2)c2[nH]ccc12.COc1cnc(C(=O)NN)c2[nH]ccc12.COc1cnc(C(=O)O)c2[nH]ccc12.[C-]#[N+]c1ncc(OC)c2cc[nH]c12. The number of carbonyl (C=O) groups excluding carboxylic acids is 4. The summed E-state index contributed by atoms with van der Waals surface area (Å²) in [4.78, 5) is 128. The number of hydrogen-bond acceptors (Lipinski definition) is 27. The van der Waals surface area contributed by atoms with Crippen molar-refractivity contribution in [2.24, 2.45) is 11.6 Å². The molecule has 0 aliphatic carbocycles. The third-order valence-corrected chi connectivity index (χ3v) is 15.1. The molecular formula is C68H67N25O15S. The predicted molar refractivity (Wildman–Crippen MR) is 396 cm³/mol. The highest BCUT2D eigenvalue weighted by Gasteiger charge is 2.28. The Morgan fingerprint density at radius 3 is 1.23 bits per heavy atom. The molecule has 0 saturated heterocycles. The van der Waals surface area contributed by atoms with Gasteiger partial charge in [-0.1, -0.05) is 18.8 Å². The van der Waals surface area contributed by atoms with Crippen molar-refractivity contribution < 1.29 is 72.1 Å². The summed E-state index contributed by atoms with van der Waals surface area (Å²) in [5.74, 6) is 6.19. The molecule has 15 aromatic rings. The number of fused-ring (bicyclic) bond motifs is 6. The molecule has 40 nitrogen and oxygen atoms in total. The van der Waals surface area contributed by atoms with Gasteiger partial charge < -0.3 is 83.9 Å². The molecule has 1 amide bonds. The number of carboxylic acids is 2. The zero-order valence-corrected chi connectivity index (χ0v) is 60.3. The zero-order chi connectivity index (χ0) is 78.8. The molecule has 15 rings (SSSR count). The van der Waals surface area contributed by atoms with E-state index in [-0.39, 0.29) is 34.9 Å². The van der Waals surface area contributed by atoms with Crippen molar-refractivity contribution in [2.45, 2.75) is 34.6 Å². The van der Waals surface area contributed by atoms with Crippen LogP contribution in [0.5, 0.6) is 34.5 Å². The number of pyridine rings is 6. The fraction of sp³-hybridized carbons (Fsp3) is 0.176. The summed E-state index contributed by atoms with van der Waals surface area (Å²) in [5.41, 5.74) is 12.5. The average Bonchev–Trinajstić information content (AvgIpc) is 1.63. The smallest absolute Gasteiger partial charge is 0.379 e. The van der Waals surface area contributed by atoms with Crippen LogP contribution in [-0.2, 0) is 14.3 Å². The van der Waals surface area contributed by atoms with E-state index < -0.39 is 35.4 Å². The second-order valence-electron chi connectivity index (χ2n) is 21.9. The lowest BCUT2D eigenvalue weighted by atomic mass is 10.1. The molecule has 0 atom stereocenters. The monoisotopic (exact) mass is 1510 g/mol. The van der Waals surface area contributed by atoms with Gasteiger partial charge in [0.15, 0.2) is 23.3 Å². The fourth-order valence-corrected chi connectivity index (χ4v) is 10.4. The molecule has 0 unspecified atom stereocenters. The van der Waals surface area contributed by atoms with Crippen molar-refractivity contribution in [1.29, 1.82) is 0 Å². The number of aromatic amines is 9. The highest BCUT2D eigenvalue weighted by Crippen LogP contribution is 2.37. The number of nitrogens with zero attached hydrogens (tertiary/aromatic N) is 13. The summed E-state index contributed by atoms with van der Waals surface area (Å²) in [5, 5.41) is 42.4. The molecule has 0 spiro atoms. The van der Waals surface area contributed by atoms with Crippen molar-refractivity contribution in [3.05, 3.63) is 150 Å². The number of aryl methyl sites for hydroxylation is 3. The fourth-order valence-electron chi connectivity index (χ4n) is 10.4. The maximum absolute atomic E-state index is 12.3. The van der Waals surface area contributed by atoms with E-state index in [4.69, 9.17) is 61.5 Å². The van der Waals surface area contributed by atoms with Gasteiger partial charge in [-0.25, -0.2) is 60.1 Å². The molecule has 0 aromatic carbocycles. The Morgan fingerprint density at radius 2 is 0.853 bits per heavy atom. The van der Waals surface area contributed by atoms with Crippen LogP contribution in [0.25, 0.3) is 105 Å². The number of amides is 1. The number of hydrogen-bond donors (Lipinski definition) is 14. The summed E-state index contributed by atoms with van der Waals surface area (Å²) in [6.07, 6.45) is 18.7. The second-order valence-corrected chi connectivity index (χ2v) is 22.6. The molecule has 0 aliphatic heterocycles. The lowest BCUT2D eigenvalue weighted by molar-refractivity contribution is -0.137. The van der Waals surface area contributed by atoms with E-state index in [1.165, 1.54) is 58.5 Å². The number of aliphatic carboxylic acids is 1. The van der Waals surface area contributed by atoms with E-state index in [1.54, 1.807) is 86.1 Å². The maximum Gasteiger partial charge on any atom is 0.379 e. The number of methoxy groups -OCH3 is 6. The van der Waals surface area contributed by atoms with E-state index in [2.05, 4.69) is 122 Å². The van der Waals surface area contributed by atoms with Gasteiger partial charge in [0, 0.05) is 58.7 Å². The first-order valence-corrected chi connectivity index (χ1v) is 32.0.